The van der Waals surface area contributed by atoms with Gasteiger partial charge in [-0.05, 0) is 48.9 Å². The van der Waals surface area contributed by atoms with Gasteiger partial charge in [-0.25, -0.2) is 21.6 Å². The van der Waals surface area contributed by atoms with Crippen LogP contribution in [0.4, 0.5) is 24.5 Å². The van der Waals surface area contributed by atoms with Gasteiger partial charge in [0, 0.05) is 17.3 Å². The largest absolute Gasteiger partial charge is 0.322 e. The summed E-state index contributed by atoms with van der Waals surface area (Å²) in [5.74, 6) is -3.41. The lowest BCUT2D eigenvalue weighted by atomic mass is 10.2. The Balaban J connectivity index is 1.89. The molecule has 9 heteroatoms. The van der Waals surface area contributed by atoms with E-state index in [-0.39, 0.29) is 21.8 Å². The average molecular weight is 420 g/mol. The van der Waals surface area contributed by atoms with Crippen LogP contribution in [0.15, 0.2) is 65.6 Å². The van der Waals surface area contributed by atoms with E-state index in [1.54, 1.807) is 0 Å². The lowest BCUT2D eigenvalue weighted by Crippen LogP contribution is -2.17. The molecule has 0 aromatic heterocycles. The Bertz CT molecular complexity index is 1180. The van der Waals surface area contributed by atoms with E-state index in [0.717, 1.165) is 18.2 Å². The lowest BCUT2D eigenvalue weighted by Gasteiger charge is -2.13. The maximum Gasteiger partial charge on any atom is 0.262 e. The van der Waals surface area contributed by atoms with Gasteiger partial charge >= 0.3 is 0 Å². The number of hydrogen-bond donors (Lipinski definition) is 2. The van der Waals surface area contributed by atoms with Gasteiger partial charge in [0.05, 0.1) is 10.6 Å². The number of sulfonamides is 1. The summed E-state index contributed by atoms with van der Waals surface area (Å²) in [7, 11) is -4.16. The van der Waals surface area contributed by atoms with Crippen LogP contribution in [0.1, 0.15) is 15.9 Å². The van der Waals surface area contributed by atoms with Crippen LogP contribution < -0.4 is 10.0 Å². The van der Waals surface area contributed by atoms with E-state index in [2.05, 4.69) is 10.0 Å². The van der Waals surface area contributed by atoms with Gasteiger partial charge in [0.15, 0.2) is 0 Å². The zero-order valence-electron chi connectivity index (χ0n) is 15.0. The first kappa shape index (κ1) is 20.4. The third kappa shape index (κ3) is 4.75. The summed E-state index contributed by atoms with van der Waals surface area (Å²) in [6.45, 7) is 1.53. The highest BCUT2D eigenvalue weighted by Gasteiger charge is 2.20. The van der Waals surface area contributed by atoms with Crippen LogP contribution in [0.2, 0.25) is 0 Å². The van der Waals surface area contributed by atoms with Crippen molar-refractivity contribution in [1.29, 1.82) is 0 Å². The minimum absolute atomic E-state index is 0.0826. The molecule has 0 atom stereocenters. The molecule has 0 unspecified atom stereocenters. The van der Waals surface area contributed by atoms with Gasteiger partial charge in [-0.2, -0.15) is 0 Å². The van der Waals surface area contributed by atoms with Crippen LogP contribution in [0.3, 0.4) is 0 Å². The quantitative estimate of drug-likeness (QED) is 0.640. The second-order valence-electron chi connectivity index (χ2n) is 6.18. The standard InChI is InChI=1S/C20H15F3N2O3S/c1-12-6-7-16(24-20(26)13-8-14(21)10-15(22)9-13)11-19(12)29(27,28)25-18-5-3-2-4-17(18)23/h2-11,25H,1H3,(H,24,26). The number of rotatable bonds is 5. The highest BCUT2D eigenvalue weighted by molar-refractivity contribution is 7.92. The first-order chi connectivity index (χ1) is 13.7. The van der Waals surface area contributed by atoms with E-state index < -0.39 is 33.4 Å². The van der Waals surface area contributed by atoms with Crippen molar-refractivity contribution in [1.82, 2.24) is 0 Å². The molecule has 0 saturated carbocycles. The number of amides is 1. The molecule has 0 radical (unpaired) electrons. The van der Waals surface area contributed by atoms with Crippen molar-refractivity contribution in [2.24, 2.45) is 0 Å². The summed E-state index contributed by atoms with van der Waals surface area (Å²) in [5.41, 5.74) is -0.0589. The van der Waals surface area contributed by atoms with Gasteiger partial charge in [-0.15, -0.1) is 0 Å². The molecule has 0 heterocycles. The molecular weight excluding hydrogens is 405 g/mol. The SMILES string of the molecule is Cc1ccc(NC(=O)c2cc(F)cc(F)c2)cc1S(=O)(=O)Nc1ccccc1F. The number of halogens is 3. The minimum Gasteiger partial charge on any atom is -0.322 e. The van der Waals surface area contributed by atoms with Crippen LogP contribution in [-0.4, -0.2) is 14.3 Å². The molecule has 0 aliphatic carbocycles. The summed E-state index contributed by atoms with van der Waals surface area (Å²) in [6, 6.07) is 11.7. The minimum atomic E-state index is -4.16. The Morgan fingerprint density at radius 1 is 0.897 bits per heavy atom. The lowest BCUT2D eigenvalue weighted by molar-refractivity contribution is 0.102. The van der Waals surface area contributed by atoms with Crippen molar-refractivity contribution in [2.75, 3.05) is 10.0 Å². The molecule has 0 aliphatic rings. The number of carbonyl (C=O) groups is 1. The first-order valence-corrected chi connectivity index (χ1v) is 9.79. The van der Waals surface area contributed by atoms with Crippen LogP contribution in [0.5, 0.6) is 0 Å². The van der Waals surface area contributed by atoms with Gasteiger partial charge in [0.1, 0.15) is 17.5 Å². The number of nitrogens with one attached hydrogen (secondary N) is 2. The van der Waals surface area contributed by atoms with Crippen LogP contribution >= 0.6 is 0 Å². The smallest absolute Gasteiger partial charge is 0.262 e. The van der Waals surface area contributed by atoms with E-state index in [4.69, 9.17) is 0 Å². The number of benzene rings is 3. The summed E-state index contributed by atoms with van der Waals surface area (Å²) < 4.78 is 67.9. The molecule has 0 saturated heterocycles. The van der Waals surface area contributed by atoms with Crippen LogP contribution in [-0.2, 0) is 10.0 Å². The Hall–Kier alpha value is -3.33. The van der Waals surface area contributed by atoms with Crippen molar-refractivity contribution in [3.8, 4) is 0 Å². The molecule has 29 heavy (non-hydrogen) atoms. The predicted molar refractivity (Wildman–Crippen MR) is 103 cm³/mol. The molecule has 3 rings (SSSR count). The van der Waals surface area contributed by atoms with Crippen LogP contribution in [0, 0.1) is 24.4 Å². The van der Waals surface area contributed by atoms with Crippen molar-refractivity contribution in [2.45, 2.75) is 11.8 Å². The van der Waals surface area contributed by atoms with Crippen LogP contribution in [0.25, 0.3) is 0 Å². The van der Waals surface area contributed by atoms with E-state index >= 15 is 0 Å². The molecule has 0 aliphatic heterocycles. The molecule has 3 aromatic carbocycles. The predicted octanol–water partition coefficient (Wildman–Crippen LogP) is 4.47. The van der Waals surface area contributed by atoms with Gasteiger partial charge < -0.3 is 5.32 Å². The molecule has 2 N–H and O–H groups in total. The molecule has 0 fully saturated rings. The van der Waals surface area contributed by atoms with Gasteiger partial charge in [0.2, 0.25) is 0 Å². The molecule has 0 spiro atoms. The number of para-hydroxylation sites is 1. The van der Waals surface area contributed by atoms with Crippen molar-refractivity contribution in [3.63, 3.8) is 0 Å². The van der Waals surface area contributed by atoms with E-state index in [0.29, 0.717) is 11.6 Å². The van der Waals surface area contributed by atoms with Crippen molar-refractivity contribution in [3.05, 3.63) is 89.2 Å². The molecule has 150 valence electrons. The summed E-state index contributed by atoms with van der Waals surface area (Å²) >= 11 is 0. The highest BCUT2D eigenvalue weighted by Crippen LogP contribution is 2.24. The fourth-order valence-electron chi connectivity index (χ4n) is 2.60. The maximum atomic E-state index is 13.8. The second-order valence-corrected chi connectivity index (χ2v) is 7.83. The normalized spacial score (nSPS) is 11.2. The van der Waals surface area contributed by atoms with E-state index in [1.165, 1.54) is 43.3 Å². The fraction of sp³-hybridized carbons (Fsp3) is 0.0500. The highest BCUT2D eigenvalue weighted by atomic mass is 32.2. The Kier molecular flexibility index (Phi) is 5.60. The maximum absolute atomic E-state index is 13.8. The molecule has 5 nitrogen and oxygen atoms in total. The van der Waals surface area contributed by atoms with E-state index in [1.807, 2.05) is 0 Å². The van der Waals surface area contributed by atoms with Crippen molar-refractivity contribution < 1.29 is 26.4 Å². The summed E-state index contributed by atoms with van der Waals surface area (Å²) in [6.07, 6.45) is 0. The summed E-state index contributed by atoms with van der Waals surface area (Å²) in [4.78, 5) is 12.1. The topological polar surface area (TPSA) is 75.3 Å². The Morgan fingerprint density at radius 3 is 2.21 bits per heavy atom. The average Bonchev–Trinajstić information content (AvgIpc) is 2.64. The van der Waals surface area contributed by atoms with Gasteiger partial charge in [0.25, 0.3) is 15.9 Å². The third-order valence-corrected chi connectivity index (χ3v) is 5.49. The molecule has 3 aromatic rings. The first-order valence-electron chi connectivity index (χ1n) is 8.31. The number of aryl methyl sites for hydroxylation is 1. The number of anilines is 2. The van der Waals surface area contributed by atoms with Crippen molar-refractivity contribution >= 4 is 27.3 Å². The monoisotopic (exact) mass is 420 g/mol. The zero-order valence-corrected chi connectivity index (χ0v) is 15.9. The Labute approximate surface area is 165 Å². The number of carbonyl (C=O) groups excluding carboxylic acids is 1. The number of hydrogen-bond acceptors (Lipinski definition) is 3. The van der Waals surface area contributed by atoms with E-state index in [9.17, 15) is 26.4 Å². The molecule has 0 bridgehead atoms. The second kappa shape index (κ2) is 7.96. The van der Waals surface area contributed by atoms with Gasteiger partial charge in [-0.1, -0.05) is 18.2 Å². The molecule has 1 amide bonds. The zero-order chi connectivity index (χ0) is 21.2. The summed E-state index contributed by atoms with van der Waals surface area (Å²) in [5, 5.41) is 2.39. The molecular formula is C20H15F3N2O3S. The van der Waals surface area contributed by atoms with Gasteiger partial charge in [-0.3, -0.25) is 9.52 Å². The third-order valence-electron chi connectivity index (χ3n) is 3.98. The fourth-order valence-corrected chi connectivity index (χ4v) is 3.94. The Morgan fingerprint density at radius 2 is 1.55 bits per heavy atom.